The van der Waals surface area contributed by atoms with Gasteiger partial charge >= 0.3 is 5.97 Å². The lowest BCUT2D eigenvalue weighted by Crippen LogP contribution is -2.24. The summed E-state index contributed by atoms with van der Waals surface area (Å²) >= 11 is 0. The average molecular weight is 191 g/mol. The van der Waals surface area contributed by atoms with Crippen LogP contribution in [0.5, 0.6) is 0 Å². The Kier molecular flexibility index (Phi) is 2.40. The summed E-state index contributed by atoms with van der Waals surface area (Å²) in [5.74, 6) is -0.459. The van der Waals surface area contributed by atoms with Crippen LogP contribution in [0.25, 0.3) is 0 Å². The van der Waals surface area contributed by atoms with Crippen molar-refractivity contribution in [2.45, 2.75) is 0 Å². The van der Waals surface area contributed by atoms with E-state index in [0.717, 1.165) is 0 Å². The second-order valence-electron chi connectivity index (χ2n) is 2.76. The first-order valence-electron chi connectivity index (χ1n) is 4.26. The Labute approximate surface area is 81.0 Å². The largest absolute Gasteiger partial charge is 0.381 e. The van der Waals surface area contributed by atoms with Crippen LogP contribution >= 0.6 is 0 Å². The summed E-state index contributed by atoms with van der Waals surface area (Å²) in [4.78, 5) is 24.2. The van der Waals surface area contributed by atoms with Gasteiger partial charge in [0, 0.05) is 6.20 Å². The third kappa shape index (κ3) is 1.87. The zero-order valence-electron chi connectivity index (χ0n) is 7.46. The molecule has 0 unspecified atom stereocenters. The monoisotopic (exact) mass is 191 g/mol. The standard InChI is InChI=1S/C9H9N3O2/c13-9(8-3-1-2-4-11-8)14-12-6-5-10-7-12/h1-4,7H,5-6H2. The van der Waals surface area contributed by atoms with Gasteiger partial charge in [-0.2, -0.15) is 5.06 Å². The van der Waals surface area contributed by atoms with Crippen molar-refractivity contribution in [3.8, 4) is 0 Å². The number of hydrogen-bond donors (Lipinski definition) is 0. The van der Waals surface area contributed by atoms with Gasteiger partial charge in [-0.3, -0.25) is 4.99 Å². The quantitative estimate of drug-likeness (QED) is 0.683. The molecule has 0 atom stereocenters. The number of carbonyl (C=O) groups is 1. The SMILES string of the molecule is O=C(ON1C=NCC1)c1ccccn1. The summed E-state index contributed by atoms with van der Waals surface area (Å²) in [6.45, 7) is 1.27. The van der Waals surface area contributed by atoms with E-state index in [1.807, 2.05) is 0 Å². The Morgan fingerprint density at radius 1 is 1.50 bits per heavy atom. The molecular formula is C9H9N3O2. The molecule has 0 spiro atoms. The Bertz CT molecular complexity index is 350. The number of pyridine rings is 1. The zero-order chi connectivity index (χ0) is 9.80. The van der Waals surface area contributed by atoms with E-state index in [2.05, 4.69) is 9.98 Å². The van der Waals surface area contributed by atoms with E-state index in [0.29, 0.717) is 18.8 Å². The molecule has 2 heterocycles. The summed E-state index contributed by atoms with van der Waals surface area (Å²) in [6.07, 6.45) is 3.05. The highest BCUT2D eigenvalue weighted by atomic mass is 16.7. The molecule has 1 aromatic heterocycles. The van der Waals surface area contributed by atoms with Crippen LogP contribution in [0, 0.1) is 0 Å². The van der Waals surface area contributed by atoms with Gasteiger partial charge in [0.1, 0.15) is 6.34 Å². The van der Waals surface area contributed by atoms with E-state index in [-0.39, 0.29) is 0 Å². The number of hydroxylamine groups is 2. The molecule has 0 aromatic carbocycles. The van der Waals surface area contributed by atoms with E-state index in [1.54, 1.807) is 24.4 Å². The second-order valence-corrected chi connectivity index (χ2v) is 2.76. The Morgan fingerprint density at radius 2 is 2.43 bits per heavy atom. The van der Waals surface area contributed by atoms with E-state index < -0.39 is 5.97 Å². The van der Waals surface area contributed by atoms with Gasteiger partial charge in [-0.25, -0.2) is 9.78 Å². The Hall–Kier alpha value is -1.91. The van der Waals surface area contributed by atoms with Gasteiger partial charge < -0.3 is 4.84 Å². The van der Waals surface area contributed by atoms with E-state index >= 15 is 0 Å². The Balaban J connectivity index is 1.99. The summed E-state index contributed by atoms with van der Waals surface area (Å²) in [5.41, 5.74) is 0.299. The third-order valence-corrected chi connectivity index (χ3v) is 1.73. The fourth-order valence-corrected chi connectivity index (χ4v) is 1.07. The van der Waals surface area contributed by atoms with Crippen LogP contribution in [-0.2, 0) is 4.84 Å². The number of rotatable bonds is 2. The van der Waals surface area contributed by atoms with Gasteiger partial charge in [0.2, 0.25) is 0 Å². The summed E-state index contributed by atoms with van der Waals surface area (Å²) in [7, 11) is 0. The van der Waals surface area contributed by atoms with Crippen LogP contribution in [0.15, 0.2) is 29.4 Å². The topological polar surface area (TPSA) is 54.8 Å². The molecule has 0 saturated heterocycles. The van der Waals surface area contributed by atoms with Crippen molar-refractivity contribution in [2.24, 2.45) is 4.99 Å². The lowest BCUT2D eigenvalue weighted by molar-refractivity contribution is -0.0459. The molecular weight excluding hydrogens is 182 g/mol. The molecule has 0 amide bonds. The molecule has 5 heteroatoms. The predicted molar refractivity (Wildman–Crippen MR) is 49.7 cm³/mol. The van der Waals surface area contributed by atoms with Crippen molar-refractivity contribution < 1.29 is 9.63 Å². The van der Waals surface area contributed by atoms with Crippen LogP contribution in [0.4, 0.5) is 0 Å². The van der Waals surface area contributed by atoms with Gasteiger partial charge in [0.25, 0.3) is 0 Å². The molecule has 72 valence electrons. The number of nitrogens with zero attached hydrogens (tertiary/aromatic N) is 3. The van der Waals surface area contributed by atoms with Gasteiger partial charge in [-0.15, -0.1) is 0 Å². The molecule has 14 heavy (non-hydrogen) atoms. The first kappa shape index (κ1) is 8.68. The normalized spacial score (nSPS) is 14.4. The van der Waals surface area contributed by atoms with Crippen molar-refractivity contribution in [2.75, 3.05) is 13.1 Å². The molecule has 0 saturated carbocycles. The molecule has 1 aliphatic heterocycles. The second kappa shape index (κ2) is 3.87. The highest BCUT2D eigenvalue weighted by Gasteiger charge is 2.14. The van der Waals surface area contributed by atoms with Gasteiger partial charge in [-0.1, -0.05) is 6.07 Å². The lowest BCUT2D eigenvalue weighted by atomic mass is 10.4. The summed E-state index contributed by atoms with van der Waals surface area (Å²) in [5, 5.41) is 1.40. The molecule has 0 aliphatic carbocycles. The van der Waals surface area contributed by atoms with Crippen LogP contribution in [-0.4, -0.2) is 35.4 Å². The van der Waals surface area contributed by atoms with E-state index in [4.69, 9.17) is 4.84 Å². The minimum atomic E-state index is -0.459. The first-order chi connectivity index (χ1) is 6.86. The van der Waals surface area contributed by atoms with E-state index in [1.165, 1.54) is 11.4 Å². The average Bonchev–Trinajstić information content (AvgIpc) is 2.72. The van der Waals surface area contributed by atoms with Crippen molar-refractivity contribution in [3.05, 3.63) is 30.1 Å². The maximum absolute atomic E-state index is 11.4. The molecule has 1 aliphatic rings. The summed E-state index contributed by atoms with van der Waals surface area (Å²) in [6, 6.07) is 5.09. The van der Waals surface area contributed by atoms with Crippen molar-refractivity contribution >= 4 is 12.3 Å². The van der Waals surface area contributed by atoms with Crippen LogP contribution in [0.3, 0.4) is 0 Å². The highest BCUT2D eigenvalue weighted by Crippen LogP contribution is 2.01. The van der Waals surface area contributed by atoms with Crippen molar-refractivity contribution in [1.82, 2.24) is 10.0 Å². The van der Waals surface area contributed by atoms with Crippen molar-refractivity contribution in [3.63, 3.8) is 0 Å². The molecule has 0 bridgehead atoms. The van der Waals surface area contributed by atoms with E-state index in [9.17, 15) is 4.79 Å². The first-order valence-corrected chi connectivity index (χ1v) is 4.26. The summed E-state index contributed by atoms with van der Waals surface area (Å²) < 4.78 is 0. The maximum atomic E-state index is 11.4. The van der Waals surface area contributed by atoms with Crippen LogP contribution in [0.1, 0.15) is 10.5 Å². The number of aliphatic imine (C=N–C) groups is 1. The van der Waals surface area contributed by atoms with Gasteiger partial charge in [0.05, 0.1) is 13.1 Å². The third-order valence-electron chi connectivity index (χ3n) is 1.73. The smallest absolute Gasteiger partial charge is 0.333 e. The zero-order valence-corrected chi connectivity index (χ0v) is 7.46. The number of hydrogen-bond acceptors (Lipinski definition) is 5. The predicted octanol–water partition coefficient (Wildman–Crippen LogP) is 0.497. The molecule has 0 radical (unpaired) electrons. The maximum Gasteiger partial charge on any atom is 0.381 e. The fraction of sp³-hybridized carbons (Fsp3) is 0.222. The molecule has 2 rings (SSSR count). The minimum Gasteiger partial charge on any atom is -0.333 e. The minimum absolute atomic E-state index is 0.299. The molecule has 0 N–H and O–H groups in total. The molecule has 0 fully saturated rings. The number of aromatic nitrogens is 1. The number of carbonyl (C=O) groups excluding carboxylic acids is 1. The van der Waals surface area contributed by atoms with Crippen LogP contribution in [0.2, 0.25) is 0 Å². The lowest BCUT2D eigenvalue weighted by Gasteiger charge is -2.11. The highest BCUT2D eigenvalue weighted by molar-refractivity contribution is 5.87. The molecule has 5 nitrogen and oxygen atoms in total. The van der Waals surface area contributed by atoms with Crippen LogP contribution < -0.4 is 0 Å². The van der Waals surface area contributed by atoms with Crippen molar-refractivity contribution in [1.29, 1.82) is 0 Å². The Morgan fingerprint density at radius 3 is 3.07 bits per heavy atom. The van der Waals surface area contributed by atoms with Gasteiger partial charge in [-0.05, 0) is 12.1 Å². The molecule has 1 aromatic rings. The van der Waals surface area contributed by atoms with Gasteiger partial charge in [0.15, 0.2) is 5.69 Å². The fourth-order valence-electron chi connectivity index (χ4n) is 1.07.